The number of hydrogen-bond acceptors (Lipinski definition) is 3. The van der Waals surface area contributed by atoms with Gasteiger partial charge in [0.2, 0.25) is 0 Å². The highest BCUT2D eigenvalue weighted by atomic mass is 16.1. The van der Waals surface area contributed by atoms with E-state index in [2.05, 4.69) is 10.1 Å². The van der Waals surface area contributed by atoms with Crippen molar-refractivity contribution in [2.75, 3.05) is 7.05 Å². The average molecular weight is 177 g/mol. The summed E-state index contributed by atoms with van der Waals surface area (Å²) in [7, 11) is 1.81. The van der Waals surface area contributed by atoms with Gasteiger partial charge in [0, 0.05) is 13.1 Å². The maximum absolute atomic E-state index is 11.1. The lowest BCUT2D eigenvalue weighted by molar-refractivity contribution is -0.113. The van der Waals surface area contributed by atoms with Crippen LogP contribution in [0.2, 0.25) is 0 Å². The Kier molecular flexibility index (Phi) is 1.58. The molecule has 0 fully saturated rings. The molecule has 13 heavy (non-hydrogen) atoms. The van der Waals surface area contributed by atoms with E-state index in [-0.39, 0.29) is 11.8 Å². The number of nitrogens with zero attached hydrogens (tertiary/aromatic N) is 3. The molecule has 0 bridgehead atoms. The smallest absolute Gasteiger partial charge is 0.267 e. The Bertz CT molecular complexity index is 365. The summed E-state index contributed by atoms with van der Waals surface area (Å²) in [6.45, 7) is 3.90. The van der Waals surface area contributed by atoms with Gasteiger partial charge >= 0.3 is 0 Å². The lowest BCUT2D eigenvalue weighted by Crippen LogP contribution is -2.29. The lowest BCUT2D eigenvalue weighted by atomic mass is 9.93. The van der Waals surface area contributed by atoms with Gasteiger partial charge in [0.25, 0.3) is 5.91 Å². The van der Waals surface area contributed by atoms with Crippen molar-refractivity contribution < 1.29 is 4.79 Å². The summed E-state index contributed by atoms with van der Waals surface area (Å²) in [6, 6.07) is 0. The largest absolute Gasteiger partial charge is 0.271 e. The van der Waals surface area contributed by atoms with Crippen LogP contribution < -0.4 is 0 Å². The number of amides is 1. The molecule has 0 N–H and O–H groups in total. The molecule has 1 unspecified atom stereocenters. The third-order valence-electron chi connectivity index (χ3n) is 2.35. The number of amidine groups is 1. The van der Waals surface area contributed by atoms with Crippen molar-refractivity contribution >= 4 is 17.5 Å². The summed E-state index contributed by atoms with van der Waals surface area (Å²) >= 11 is 0. The third-order valence-corrected chi connectivity index (χ3v) is 2.35. The van der Waals surface area contributed by atoms with Crippen molar-refractivity contribution in [1.82, 2.24) is 5.01 Å². The van der Waals surface area contributed by atoms with Crippen LogP contribution in [0, 0.1) is 5.92 Å². The first kappa shape index (κ1) is 8.16. The van der Waals surface area contributed by atoms with Crippen molar-refractivity contribution in [3.05, 3.63) is 11.6 Å². The minimum absolute atomic E-state index is 0.127. The van der Waals surface area contributed by atoms with Crippen LogP contribution in [-0.4, -0.2) is 29.5 Å². The number of carbonyl (C=O) groups is 1. The van der Waals surface area contributed by atoms with E-state index in [1.165, 1.54) is 0 Å². The molecular formula is C9H11N3O. The van der Waals surface area contributed by atoms with Crippen molar-refractivity contribution in [2.24, 2.45) is 16.0 Å². The zero-order valence-electron chi connectivity index (χ0n) is 7.90. The third kappa shape index (κ3) is 1.09. The molecular weight excluding hydrogens is 166 g/mol. The summed E-state index contributed by atoms with van der Waals surface area (Å²) in [5, 5.41) is 5.92. The fourth-order valence-corrected chi connectivity index (χ4v) is 1.81. The van der Waals surface area contributed by atoms with Crippen molar-refractivity contribution in [3.63, 3.8) is 0 Å². The molecule has 68 valence electrons. The quantitative estimate of drug-likeness (QED) is 0.549. The zero-order chi connectivity index (χ0) is 9.59. The van der Waals surface area contributed by atoms with Crippen LogP contribution in [0.1, 0.15) is 13.8 Å². The predicted molar refractivity (Wildman–Crippen MR) is 50.6 cm³/mol. The van der Waals surface area contributed by atoms with E-state index in [9.17, 15) is 4.79 Å². The Labute approximate surface area is 76.6 Å². The Hall–Kier alpha value is -1.45. The summed E-state index contributed by atoms with van der Waals surface area (Å²) in [4.78, 5) is 15.1. The molecule has 1 atom stereocenters. The van der Waals surface area contributed by atoms with Crippen molar-refractivity contribution in [3.8, 4) is 0 Å². The minimum Gasteiger partial charge on any atom is -0.267 e. The second-order valence-electron chi connectivity index (χ2n) is 3.39. The summed E-state index contributed by atoms with van der Waals surface area (Å²) < 4.78 is 0. The van der Waals surface area contributed by atoms with E-state index in [1.807, 2.05) is 20.9 Å². The molecule has 0 radical (unpaired) electrons. The van der Waals surface area contributed by atoms with Gasteiger partial charge in [-0.2, -0.15) is 10.1 Å². The number of fused-ring (bicyclic) bond motifs is 1. The van der Waals surface area contributed by atoms with Crippen LogP contribution in [0.5, 0.6) is 0 Å². The molecule has 0 aliphatic carbocycles. The first-order valence-corrected chi connectivity index (χ1v) is 4.19. The van der Waals surface area contributed by atoms with Gasteiger partial charge < -0.3 is 0 Å². The molecule has 2 heterocycles. The highest BCUT2D eigenvalue weighted by Gasteiger charge is 2.33. The molecule has 4 nitrogen and oxygen atoms in total. The van der Waals surface area contributed by atoms with E-state index in [4.69, 9.17) is 0 Å². The number of dihydropyridines is 1. The van der Waals surface area contributed by atoms with Crippen LogP contribution in [0.3, 0.4) is 0 Å². The summed E-state index contributed by atoms with van der Waals surface area (Å²) in [5.41, 5.74) is 2.03. The number of carbonyl (C=O) groups excluding carboxylic acids is 1. The molecule has 2 aliphatic rings. The van der Waals surface area contributed by atoms with Crippen LogP contribution in [0.15, 0.2) is 21.7 Å². The van der Waals surface area contributed by atoms with Crippen molar-refractivity contribution in [2.45, 2.75) is 13.8 Å². The molecule has 0 spiro atoms. The van der Waals surface area contributed by atoms with E-state index < -0.39 is 0 Å². The topological polar surface area (TPSA) is 45.0 Å². The molecule has 0 saturated carbocycles. The molecule has 0 aromatic rings. The molecule has 4 heteroatoms. The minimum atomic E-state index is -0.180. The normalized spacial score (nSPS) is 26.7. The highest BCUT2D eigenvalue weighted by molar-refractivity contribution is 6.17. The van der Waals surface area contributed by atoms with Crippen molar-refractivity contribution in [1.29, 1.82) is 0 Å². The molecule has 2 aliphatic heterocycles. The van der Waals surface area contributed by atoms with Gasteiger partial charge in [-0.05, 0) is 13.8 Å². The van der Waals surface area contributed by atoms with Crippen LogP contribution in [0.25, 0.3) is 0 Å². The molecule has 0 aromatic carbocycles. The van der Waals surface area contributed by atoms with Crippen LogP contribution in [0.4, 0.5) is 0 Å². The fourth-order valence-electron chi connectivity index (χ4n) is 1.81. The number of hydrogen-bond donors (Lipinski definition) is 0. The molecule has 1 amide bonds. The first-order valence-electron chi connectivity index (χ1n) is 4.19. The maximum Gasteiger partial charge on any atom is 0.271 e. The predicted octanol–water partition coefficient (Wildman–Crippen LogP) is 0.809. The van der Waals surface area contributed by atoms with Gasteiger partial charge in [-0.15, -0.1) is 0 Å². The summed E-state index contributed by atoms with van der Waals surface area (Å²) in [6.07, 6.45) is 1.58. The molecule has 0 saturated heterocycles. The zero-order valence-corrected chi connectivity index (χ0v) is 7.90. The lowest BCUT2D eigenvalue weighted by Gasteiger charge is -2.17. The fraction of sp³-hybridized carbons (Fsp3) is 0.444. The summed E-state index contributed by atoms with van der Waals surface area (Å²) in [5.74, 6) is 0.700. The molecule has 2 rings (SSSR count). The van der Waals surface area contributed by atoms with Gasteiger partial charge in [-0.3, -0.25) is 9.80 Å². The van der Waals surface area contributed by atoms with Gasteiger partial charge in [0.05, 0.1) is 11.6 Å². The van der Waals surface area contributed by atoms with Crippen LogP contribution >= 0.6 is 0 Å². The monoisotopic (exact) mass is 177 g/mol. The standard InChI is InChI=1S/C9H11N3O/c1-5-4-7(13)10-9-8(5)6(2)11-12(9)3/h4,8H,1-3H3. The highest BCUT2D eigenvalue weighted by Crippen LogP contribution is 2.25. The first-order chi connectivity index (χ1) is 6.09. The number of hydrazone groups is 1. The van der Waals surface area contributed by atoms with E-state index in [1.54, 1.807) is 11.1 Å². The van der Waals surface area contributed by atoms with Gasteiger partial charge in [-0.25, -0.2) is 0 Å². The van der Waals surface area contributed by atoms with Gasteiger partial charge in [-0.1, -0.05) is 5.57 Å². The second kappa shape index (κ2) is 2.52. The van der Waals surface area contributed by atoms with Crippen LogP contribution in [-0.2, 0) is 4.79 Å². The Morgan fingerprint density at radius 3 is 2.85 bits per heavy atom. The number of aliphatic imine (C=N–C) groups is 1. The van der Waals surface area contributed by atoms with Gasteiger partial charge in [0.1, 0.15) is 5.84 Å². The Morgan fingerprint density at radius 2 is 2.15 bits per heavy atom. The van der Waals surface area contributed by atoms with E-state index in [0.717, 1.165) is 17.1 Å². The van der Waals surface area contributed by atoms with E-state index >= 15 is 0 Å². The van der Waals surface area contributed by atoms with Gasteiger partial charge in [0.15, 0.2) is 0 Å². The van der Waals surface area contributed by atoms with E-state index in [0.29, 0.717) is 0 Å². The average Bonchev–Trinajstić information content (AvgIpc) is 2.27. The maximum atomic E-state index is 11.1. The Morgan fingerprint density at radius 1 is 1.46 bits per heavy atom. The molecule has 0 aromatic heterocycles. The second-order valence-corrected chi connectivity index (χ2v) is 3.39. The Balaban J connectivity index is 2.47. The number of rotatable bonds is 0. The SMILES string of the molecule is CC1=CC(=O)N=C2C1C(C)=NN2C.